The number of halogens is 2. The van der Waals surface area contributed by atoms with Crippen molar-refractivity contribution in [3.63, 3.8) is 0 Å². The molecular formula is C13H27F2NO. The van der Waals surface area contributed by atoms with Crippen molar-refractivity contribution in [2.24, 2.45) is 0 Å². The average Bonchev–Trinajstić information content (AvgIpc) is 2.36. The molecule has 17 heavy (non-hydrogen) atoms. The van der Waals surface area contributed by atoms with Crippen molar-refractivity contribution in [1.29, 1.82) is 0 Å². The number of amides is 1. The molecule has 4 heteroatoms. The van der Waals surface area contributed by atoms with Gasteiger partial charge in [0.05, 0.1) is 6.04 Å². The summed E-state index contributed by atoms with van der Waals surface area (Å²) in [6, 6.07) is -1.00. The molecule has 0 bridgehead atoms. The molecule has 0 rings (SSSR count). The van der Waals surface area contributed by atoms with Crippen LogP contribution in [-0.4, -0.2) is 29.3 Å². The van der Waals surface area contributed by atoms with Crippen LogP contribution in [0.2, 0.25) is 0 Å². The third kappa shape index (κ3) is 5.99. The van der Waals surface area contributed by atoms with Crippen molar-refractivity contribution >= 4 is 5.91 Å². The first-order chi connectivity index (χ1) is 7.90. The molecule has 0 aliphatic rings. The van der Waals surface area contributed by atoms with E-state index in [0.29, 0.717) is 13.0 Å². The lowest BCUT2D eigenvalue weighted by molar-refractivity contribution is -0.144. The standard InChI is InChI=1S/C11H21F2NO.C2H6/c1-5-8-14(10(15)6-2)9(4)11(12,13)7-3;1-2/h9H,5-8H2,1-4H3;1-2H3/t9-;/m0./s1. The summed E-state index contributed by atoms with van der Waals surface area (Å²) >= 11 is 0. The average molecular weight is 251 g/mol. The topological polar surface area (TPSA) is 20.3 Å². The molecule has 0 aliphatic carbocycles. The molecule has 0 saturated carbocycles. The predicted octanol–water partition coefficient (Wildman–Crippen LogP) is 4.10. The number of alkyl halides is 2. The van der Waals surface area contributed by atoms with E-state index in [0.717, 1.165) is 0 Å². The first kappa shape index (κ1) is 18.7. The van der Waals surface area contributed by atoms with E-state index in [-0.39, 0.29) is 18.7 Å². The third-order valence-electron chi connectivity index (χ3n) is 2.64. The highest BCUT2D eigenvalue weighted by Gasteiger charge is 2.39. The predicted molar refractivity (Wildman–Crippen MR) is 68.3 cm³/mol. The summed E-state index contributed by atoms with van der Waals surface area (Å²) in [6.45, 7) is 10.8. The van der Waals surface area contributed by atoms with Gasteiger partial charge in [0, 0.05) is 19.4 Å². The maximum Gasteiger partial charge on any atom is 0.267 e. The Bertz CT molecular complexity index is 208. The summed E-state index contributed by atoms with van der Waals surface area (Å²) < 4.78 is 26.8. The molecule has 0 N–H and O–H groups in total. The van der Waals surface area contributed by atoms with Gasteiger partial charge in [-0.05, 0) is 13.3 Å². The van der Waals surface area contributed by atoms with Crippen LogP contribution in [0.1, 0.15) is 60.8 Å². The Morgan fingerprint density at radius 1 is 1.24 bits per heavy atom. The van der Waals surface area contributed by atoms with E-state index in [1.54, 1.807) is 6.92 Å². The summed E-state index contributed by atoms with van der Waals surface area (Å²) in [7, 11) is 0. The largest absolute Gasteiger partial charge is 0.334 e. The number of nitrogens with zero attached hydrogens (tertiary/aromatic N) is 1. The van der Waals surface area contributed by atoms with Gasteiger partial charge >= 0.3 is 0 Å². The van der Waals surface area contributed by atoms with Gasteiger partial charge in [0.1, 0.15) is 0 Å². The molecule has 0 radical (unpaired) electrons. The van der Waals surface area contributed by atoms with E-state index < -0.39 is 12.0 Å². The van der Waals surface area contributed by atoms with Crippen LogP contribution >= 0.6 is 0 Å². The molecule has 1 amide bonds. The van der Waals surface area contributed by atoms with Gasteiger partial charge in [0.15, 0.2) is 0 Å². The van der Waals surface area contributed by atoms with Crippen molar-refractivity contribution in [3.05, 3.63) is 0 Å². The fourth-order valence-electron chi connectivity index (χ4n) is 1.50. The number of rotatable bonds is 6. The minimum absolute atomic E-state index is 0.197. The van der Waals surface area contributed by atoms with E-state index >= 15 is 0 Å². The van der Waals surface area contributed by atoms with Gasteiger partial charge in [0.25, 0.3) is 5.92 Å². The first-order valence-electron chi connectivity index (χ1n) is 6.57. The fourth-order valence-corrected chi connectivity index (χ4v) is 1.50. The Balaban J connectivity index is 0. The van der Waals surface area contributed by atoms with Gasteiger partial charge < -0.3 is 4.90 Å². The Morgan fingerprint density at radius 2 is 1.71 bits per heavy atom. The van der Waals surface area contributed by atoms with Crippen LogP contribution in [-0.2, 0) is 4.79 Å². The van der Waals surface area contributed by atoms with Crippen molar-refractivity contribution in [2.75, 3.05) is 6.54 Å². The zero-order valence-electron chi connectivity index (χ0n) is 12.0. The monoisotopic (exact) mass is 251 g/mol. The zero-order chi connectivity index (χ0) is 14.1. The normalized spacial score (nSPS) is 12.5. The summed E-state index contributed by atoms with van der Waals surface area (Å²) in [4.78, 5) is 12.8. The lowest BCUT2D eigenvalue weighted by Crippen LogP contribution is -2.48. The maximum atomic E-state index is 13.4. The van der Waals surface area contributed by atoms with Crippen molar-refractivity contribution < 1.29 is 13.6 Å². The lowest BCUT2D eigenvalue weighted by Gasteiger charge is -2.33. The Labute approximate surface area is 104 Å². The summed E-state index contributed by atoms with van der Waals surface area (Å²) in [5.74, 6) is -2.99. The molecule has 0 aromatic heterocycles. The zero-order valence-corrected chi connectivity index (χ0v) is 12.0. The van der Waals surface area contributed by atoms with E-state index in [4.69, 9.17) is 0 Å². The molecule has 0 aliphatic heterocycles. The van der Waals surface area contributed by atoms with Crippen LogP contribution in [0.15, 0.2) is 0 Å². The molecule has 1 atom stereocenters. The molecule has 0 spiro atoms. The molecule has 2 nitrogen and oxygen atoms in total. The highest BCUT2D eigenvalue weighted by molar-refractivity contribution is 5.76. The van der Waals surface area contributed by atoms with Crippen LogP contribution in [0.3, 0.4) is 0 Å². The molecule has 104 valence electrons. The summed E-state index contributed by atoms with van der Waals surface area (Å²) in [6.07, 6.45) is 0.755. The number of hydrogen-bond acceptors (Lipinski definition) is 1. The van der Waals surface area contributed by atoms with Crippen molar-refractivity contribution in [3.8, 4) is 0 Å². The Hall–Kier alpha value is -0.670. The van der Waals surface area contributed by atoms with Crippen LogP contribution in [0, 0.1) is 0 Å². The number of carbonyl (C=O) groups is 1. The first-order valence-corrected chi connectivity index (χ1v) is 6.57. The minimum Gasteiger partial charge on any atom is -0.334 e. The molecule has 0 fully saturated rings. The maximum absolute atomic E-state index is 13.4. The van der Waals surface area contributed by atoms with E-state index in [9.17, 15) is 13.6 Å². The second-order valence-corrected chi connectivity index (χ2v) is 3.73. The van der Waals surface area contributed by atoms with Gasteiger partial charge in [-0.2, -0.15) is 0 Å². The van der Waals surface area contributed by atoms with Gasteiger partial charge in [-0.1, -0.05) is 34.6 Å². The van der Waals surface area contributed by atoms with E-state index in [2.05, 4.69) is 0 Å². The smallest absolute Gasteiger partial charge is 0.267 e. The van der Waals surface area contributed by atoms with Gasteiger partial charge in [-0.3, -0.25) is 4.79 Å². The fraction of sp³-hybridized carbons (Fsp3) is 0.923. The van der Waals surface area contributed by atoms with Crippen LogP contribution < -0.4 is 0 Å². The molecule has 0 saturated heterocycles. The quantitative estimate of drug-likeness (QED) is 0.696. The van der Waals surface area contributed by atoms with Crippen LogP contribution in [0.4, 0.5) is 8.78 Å². The van der Waals surface area contributed by atoms with Crippen LogP contribution in [0.25, 0.3) is 0 Å². The summed E-state index contributed by atoms with van der Waals surface area (Å²) in [5, 5.41) is 0. The van der Waals surface area contributed by atoms with Crippen molar-refractivity contribution in [1.82, 2.24) is 4.90 Å². The second kappa shape index (κ2) is 9.37. The lowest BCUT2D eigenvalue weighted by atomic mass is 10.1. The minimum atomic E-state index is -2.79. The highest BCUT2D eigenvalue weighted by atomic mass is 19.3. The number of hydrogen-bond donors (Lipinski definition) is 0. The van der Waals surface area contributed by atoms with E-state index in [1.807, 2.05) is 20.8 Å². The second-order valence-electron chi connectivity index (χ2n) is 3.73. The van der Waals surface area contributed by atoms with Gasteiger partial charge in [-0.25, -0.2) is 8.78 Å². The van der Waals surface area contributed by atoms with E-state index in [1.165, 1.54) is 18.7 Å². The van der Waals surface area contributed by atoms with Gasteiger partial charge in [-0.15, -0.1) is 0 Å². The van der Waals surface area contributed by atoms with Gasteiger partial charge in [0.2, 0.25) is 5.91 Å². The SMILES string of the molecule is CC.CCCN(C(=O)CC)[C@@H](C)C(F)(F)CC. The third-order valence-corrected chi connectivity index (χ3v) is 2.64. The van der Waals surface area contributed by atoms with Crippen LogP contribution in [0.5, 0.6) is 0 Å². The molecule has 0 unspecified atom stereocenters. The molecule has 0 aromatic carbocycles. The molecular weight excluding hydrogens is 224 g/mol. The van der Waals surface area contributed by atoms with Crippen molar-refractivity contribution in [2.45, 2.75) is 72.8 Å². The Morgan fingerprint density at radius 3 is 2.00 bits per heavy atom. The summed E-state index contributed by atoms with van der Waals surface area (Å²) in [5.41, 5.74) is 0. The highest BCUT2D eigenvalue weighted by Crippen LogP contribution is 2.27. The number of carbonyl (C=O) groups excluding carboxylic acids is 1. The Kier molecular flexibility index (Phi) is 10.3. The molecule has 0 aromatic rings. The molecule has 0 heterocycles.